The largest absolute Gasteiger partial charge is 0.497 e. The number of ether oxygens (including phenoxy) is 4. The van der Waals surface area contributed by atoms with Crippen LogP contribution in [0.4, 0.5) is 4.79 Å². The third-order valence-corrected chi connectivity index (χ3v) is 9.75. The van der Waals surface area contributed by atoms with Gasteiger partial charge in [-0.05, 0) is 81.5 Å². The summed E-state index contributed by atoms with van der Waals surface area (Å²) in [4.78, 5) is 60.4. The Hall–Kier alpha value is -4.22. The smallest absolute Gasteiger partial charge is 0.408 e. The number of carbonyl (C=O) groups is 4. The van der Waals surface area contributed by atoms with Crippen molar-refractivity contribution in [3.8, 4) is 11.6 Å². The fourth-order valence-corrected chi connectivity index (χ4v) is 7.16. The van der Waals surface area contributed by atoms with Gasteiger partial charge in [0.1, 0.15) is 35.1 Å². The van der Waals surface area contributed by atoms with E-state index in [4.69, 9.17) is 18.9 Å². The van der Waals surface area contributed by atoms with Gasteiger partial charge in [0.05, 0.1) is 13.7 Å². The van der Waals surface area contributed by atoms with E-state index in [-0.39, 0.29) is 31.2 Å². The summed E-state index contributed by atoms with van der Waals surface area (Å²) in [6.45, 7) is 7.57. The minimum absolute atomic E-state index is 0.00841. The molecule has 4 amide bonds. The van der Waals surface area contributed by atoms with Gasteiger partial charge in [-0.25, -0.2) is 14.5 Å². The molecule has 274 valence electrons. The summed E-state index contributed by atoms with van der Waals surface area (Å²) in [7, 11) is -3.35. The quantitative estimate of drug-likeness (QED) is 0.246. The molecule has 50 heavy (non-hydrogen) atoms. The molecular weight excluding hydrogens is 674 g/mol. The topological polar surface area (TPSA) is 212 Å². The van der Waals surface area contributed by atoms with E-state index in [1.54, 1.807) is 63.9 Å². The van der Waals surface area contributed by atoms with Crippen LogP contribution in [0.1, 0.15) is 59.8 Å². The molecule has 1 aromatic heterocycles. The first-order valence-electron chi connectivity index (χ1n) is 16.6. The molecule has 1 aliphatic carbocycles. The van der Waals surface area contributed by atoms with Crippen molar-refractivity contribution >= 4 is 44.9 Å². The van der Waals surface area contributed by atoms with Gasteiger partial charge in [-0.15, -0.1) is 0 Å². The number of aromatic nitrogens is 1. The van der Waals surface area contributed by atoms with Crippen molar-refractivity contribution in [1.82, 2.24) is 25.2 Å². The Kier molecular flexibility index (Phi) is 10.8. The highest BCUT2D eigenvalue weighted by molar-refractivity contribution is 7.84. The second kappa shape index (κ2) is 14.6. The summed E-state index contributed by atoms with van der Waals surface area (Å²) in [5, 5.41) is 6.90. The van der Waals surface area contributed by atoms with Crippen LogP contribution >= 0.6 is 0 Å². The van der Waals surface area contributed by atoms with Crippen molar-refractivity contribution in [2.45, 2.75) is 89.1 Å². The molecule has 4 N–H and O–H groups in total. The highest BCUT2D eigenvalue weighted by Gasteiger charge is 2.61. The zero-order valence-electron chi connectivity index (χ0n) is 28.8. The second-order valence-electron chi connectivity index (χ2n) is 13.9. The number of methoxy groups -OCH3 is 1. The molecule has 1 saturated carbocycles. The molecule has 16 nitrogen and oxygen atoms in total. The molecular formula is C33H45N5O11S. The maximum absolute atomic E-state index is 14.5. The number of nitrogens with one attached hydrogen (secondary N) is 3. The van der Waals surface area contributed by atoms with E-state index in [0.717, 1.165) is 5.39 Å². The predicted octanol–water partition coefficient (Wildman–Crippen LogP) is 2.12. The number of nitrogens with zero attached hydrogens (tertiary/aromatic N) is 2. The summed E-state index contributed by atoms with van der Waals surface area (Å²) in [6, 6.07) is 4.91. The standard InChI is InChI=1S/C33H45N5O11S/c1-6-21-17-33(21,30(41)37-50(43,44)45)36-27(39)25-16-23(48-28-24-8-7-22(46-5)15-20(24)9-12-34-28)18-38(25)29(40)26(19-10-13-47-14-11-19)35-31(42)49-32(2,3)4/h7-9,12,15,19,21,23,25-26H,6,10-11,13-14,16-18H2,1-5H3,(H,35,42)(H,36,39)(H,37,41)(H,43,44,45)/t21-,23?,25+,26+,33-/m1/s1. The van der Waals surface area contributed by atoms with Crippen LogP contribution in [0.25, 0.3) is 10.8 Å². The highest BCUT2D eigenvalue weighted by atomic mass is 32.2. The normalized spacial score (nSPS) is 24.6. The molecule has 5 rings (SSSR count). The number of rotatable bonds is 11. The average molecular weight is 720 g/mol. The molecule has 2 aliphatic heterocycles. The zero-order valence-corrected chi connectivity index (χ0v) is 29.6. The summed E-state index contributed by atoms with van der Waals surface area (Å²) in [5.74, 6) is -2.18. The van der Waals surface area contributed by atoms with Gasteiger partial charge in [0.2, 0.25) is 17.7 Å². The number of benzene rings is 1. The first kappa shape index (κ1) is 37.0. The lowest BCUT2D eigenvalue weighted by atomic mass is 9.90. The first-order chi connectivity index (χ1) is 23.5. The van der Waals surface area contributed by atoms with Gasteiger partial charge in [-0.3, -0.25) is 18.9 Å². The minimum Gasteiger partial charge on any atom is -0.497 e. The Morgan fingerprint density at radius 3 is 2.50 bits per heavy atom. The summed E-state index contributed by atoms with van der Waals surface area (Å²) < 4.78 is 56.6. The van der Waals surface area contributed by atoms with Crippen molar-refractivity contribution in [2.75, 3.05) is 26.9 Å². The molecule has 3 fully saturated rings. The van der Waals surface area contributed by atoms with Gasteiger partial charge in [-0.1, -0.05) is 13.3 Å². The molecule has 0 spiro atoms. The first-order valence-corrected chi connectivity index (χ1v) is 18.1. The van der Waals surface area contributed by atoms with Crippen LogP contribution in [-0.2, 0) is 34.2 Å². The molecule has 0 radical (unpaired) electrons. The molecule has 17 heteroatoms. The lowest BCUT2D eigenvalue weighted by Gasteiger charge is -2.35. The van der Waals surface area contributed by atoms with Gasteiger partial charge >= 0.3 is 16.4 Å². The number of pyridine rings is 1. The molecule has 3 aliphatic rings. The third kappa shape index (κ3) is 8.55. The lowest BCUT2D eigenvalue weighted by Crippen LogP contribution is -2.59. The molecule has 0 bridgehead atoms. The van der Waals surface area contributed by atoms with Crippen molar-refractivity contribution in [3.63, 3.8) is 0 Å². The Morgan fingerprint density at radius 1 is 1.16 bits per heavy atom. The number of hydrogen-bond donors (Lipinski definition) is 4. The van der Waals surface area contributed by atoms with Crippen LogP contribution < -0.4 is 24.8 Å². The predicted molar refractivity (Wildman–Crippen MR) is 178 cm³/mol. The number of fused-ring (bicyclic) bond motifs is 1. The van der Waals surface area contributed by atoms with Gasteiger partial charge < -0.3 is 34.5 Å². The maximum Gasteiger partial charge on any atom is 0.408 e. The van der Waals surface area contributed by atoms with E-state index in [1.807, 2.05) is 6.07 Å². The van der Waals surface area contributed by atoms with Gasteiger partial charge in [0.15, 0.2) is 0 Å². The van der Waals surface area contributed by atoms with Crippen LogP contribution in [0, 0.1) is 11.8 Å². The van der Waals surface area contributed by atoms with Crippen LogP contribution in [-0.4, -0.2) is 103 Å². The van der Waals surface area contributed by atoms with E-state index < -0.39 is 69.4 Å². The highest BCUT2D eigenvalue weighted by Crippen LogP contribution is 2.46. The van der Waals surface area contributed by atoms with Crippen molar-refractivity contribution in [1.29, 1.82) is 0 Å². The number of hydrogen-bond acceptors (Lipinski definition) is 11. The van der Waals surface area contributed by atoms with E-state index >= 15 is 0 Å². The molecule has 2 aromatic rings. The Labute approximate surface area is 290 Å². The zero-order chi connectivity index (χ0) is 36.4. The number of likely N-dealkylation sites (tertiary alicyclic amines) is 1. The third-order valence-electron chi connectivity index (χ3n) is 9.31. The number of carbonyl (C=O) groups excluding carboxylic acids is 4. The summed E-state index contributed by atoms with van der Waals surface area (Å²) in [5.41, 5.74) is -2.45. The fourth-order valence-electron chi connectivity index (χ4n) is 6.75. The molecule has 2 saturated heterocycles. The Morgan fingerprint density at radius 2 is 1.88 bits per heavy atom. The van der Waals surface area contributed by atoms with Gasteiger partial charge in [-0.2, -0.15) is 8.42 Å². The SMILES string of the molecule is CC[C@@H]1C[C@]1(NC(=O)[C@@H]1CC(Oc2nccc3cc(OC)ccc23)CN1C(=O)[C@@H](NC(=O)OC(C)(C)C)C1CCOCC1)C(=O)NS(=O)(=O)O. The lowest BCUT2D eigenvalue weighted by molar-refractivity contribution is -0.142. The minimum atomic E-state index is -4.90. The second-order valence-corrected chi connectivity index (χ2v) is 15.1. The van der Waals surface area contributed by atoms with Crippen molar-refractivity contribution in [2.24, 2.45) is 11.8 Å². The van der Waals surface area contributed by atoms with Crippen molar-refractivity contribution < 1.29 is 51.1 Å². The van der Waals surface area contributed by atoms with Crippen molar-refractivity contribution in [3.05, 3.63) is 30.5 Å². The number of amides is 4. The van der Waals surface area contributed by atoms with Crippen LogP contribution in [0.15, 0.2) is 30.5 Å². The molecule has 1 unspecified atom stereocenters. The average Bonchev–Trinajstić information content (AvgIpc) is 3.61. The van der Waals surface area contributed by atoms with Crippen LogP contribution in [0.2, 0.25) is 0 Å². The molecule has 3 heterocycles. The monoisotopic (exact) mass is 719 g/mol. The van der Waals surface area contributed by atoms with Crippen LogP contribution in [0.5, 0.6) is 11.6 Å². The van der Waals surface area contributed by atoms with E-state index in [1.165, 1.54) is 4.90 Å². The van der Waals surface area contributed by atoms with Gasteiger partial charge in [0.25, 0.3) is 5.91 Å². The molecule has 5 atom stereocenters. The van der Waals surface area contributed by atoms with Crippen LogP contribution in [0.3, 0.4) is 0 Å². The number of alkyl carbamates (subject to hydrolysis) is 1. The summed E-state index contributed by atoms with van der Waals surface area (Å²) in [6.07, 6.45) is 1.53. The van der Waals surface area contributed by atoms with E-state index in [0.29, 0.717) is 43.6 Å². The molecule has 1 aromatic carbocycles. The Balaban J connectivity index is 1.46. The summed E-state index contributed by atoms with van der Waals surface area (Å²) >= 11 is 0. The van der Waals surface area contributed by atoms with Gasteiger partial charge in [0, 0.05) is 31.2 Å². The maximum atomic E-state index is 14.5. The van der Waals surface area contributed by atoms with E-state index in [9.17, 15) is 32.1 Å². The fraction of sp³-hybridized carbons (Fsp3) is 0.606. The van der Waals surface area contributed by atoms with E-state index in [2.05, 4.69) is 15.6 Å². The Bertz CT molecular complexity index is 1730.